The monoisotopic (exact) mass is 330 g/mol. The molecule has 2 nitrogen and oxygen atoms in total. The molecule has 0 bridgehead atoms. The molecule has 1 saturated heterocycles. The van der Waals surface area contributed by atoms with E-state index in [1.54, 1.807) is 0 Å². The van der Waals surface area contributed by atoms with Crippen LogP contribution in [0, 0.1) is 5.92 Å². The molecule has 0 saturated carbocycles. The number of nitrogens with zero attached hydrogens (tertiary/aromatic N) is 2. The Hall–Kier alpha value is -0.280. The Morgan fingerprint density at radius 1 is 1.44 bits per heavy atom. The number of anilines is 1. The highest BCUT2D eigenvalue weighted by Gasteiger charge is 2.21. The molecular weight excluding hydrogens is 312 g/mol. The van der Waals surface area contributed by atoms with Gasteiger partial charge in [-0.1, -0.05) is 19.8 Å². The molecular formula is C14H20BrClN2. The summed E-state index contributed by atoms with van der Waals surface area (Å²) < 4.78 is 1.00. The van der Waals surface area contributed by atoms with Crippen molar-refractivity contribution in [2.24, 2.45) is 5.92 Å². The molecule has 0 spiro atoms. The van der Waals surface area contributed by atoms with Crippen molar-refractivity contribution in [2.45, 2.75) is 38.5 Å². The molecule has 1 fully saturated rings. The van der Waals surface area contributed by atoms with Gasteiger partial charge in [-0.3, -0.25) is 0 Å². The van der Waals surface area contributed by atoms with Gasteiger partial charge < -0.3 is 4.90 Å². The van der Waals surface area contributed by atoms with Crippen LogP contribution >= 0.6 is 27.5 Å². The summed E-state index contributed by atoms with van der Waals surface area (Å²) in [5.41, 5.74) is 1.12. The lowest BCUT2D eigenvalue weighted by atomic mass is 9.92. The largest absolute Gasteiger partial charge is 0.356 e. The summed E-state index contributed by atoms with van der Waals surface area (Å²) in [7, 11) is 0. The quantitative estimate of drug-likeness (QED) is 0.750. The van der Waals surface area contributed by atoms with E-state index in [0.29, 0.717) is 5.88 Å². The molecule has 100 valence electrons. The fourth-order valence-electron chi connectivity index (χ4n) is 2.70. The molecule has 0 radical (unpaired) electrons. The zero-order valence-corrected chi connectivity index (χ0v) is 13.2. The lowest BCUT2D eigenvalue weighted by Gasteiger charge is -2.33. The number of alkyl halides is 1. The van der Waals surface area contributed by atoms with E-state index in [2.05, 4.69) is 38.8 Å². The molecule has 1 aromatic heterocycles. The summed E-state index contributed by atoms with van der Waals surface area (Å²) in [4.78, 5) is 6.92. The Labute approximate surface area is 123 Å². The first-order chi connectivity index (χ1) is 8.74. The molecule has 0 amide bonds. The topological polar surface area (TPSA) is 16.1 Å². The van der Waals surface area contributed by atoms with E-state index >= 15 is 0 Å². The first-order valence-electron chi connectivity index (χ1n) is 6.70. The molecule has 0 aromatic carbocycles. The van der Waals surface area contributed by atoms with Crippen molar-refractivity contribution in [1.29, 1.82) is 0 Å². The van der Waals surface area contributed by atoms with Crippen LogP contribution in [0.4, 0.5) is 5.82 Å². The third-order valence-electron chi connectivity index (χ3n) is 3.66. The normalized spacial score (nSPS) is 17.2. The zero-order chi connectivity index (χ0) is 13.0. The Morgan fingerprint density at radius 2 is 2.17 bits per heavy atom. The molecule has 0 aliphatic carbocycles. The zero-order valence-electron chi connectivity index (χ0n) is 10.8. The van der Waals surface area contributed by atoms with E-state index in [4.69, 9.17) is 11.6 Å². The second kappa shape index (κ2) is 6.76. The van der Waals surface area contributed by atoms with Crippen molar-refractivity contribution in [1.82, 2.24) is 4.98 Å². The molecule has 2 heterocycles. The van der Waals surface area contributed by atoms with Gasteiger partial charge in [-0.05, 0) is 40.8 Å². The van der Waals surface area contributed by atoms with E-state index in [0.717, 1.165) is 34.9 Å². The molecule has 0 N–H and O–H groups in total. The average molecular weight is 332 g/mol. The lowest BCUT2D eigenvalue weighted by Crippen LogP contribution is -2.34. The van der Waals surface area contributed by atoms with Crippen molar-refractivity contribution in [3.63, 3.8) is 0 Å². The fourth-order valence-corrected chi connectivity index (χ4v) is 3.27. The molecule has 1 aliphatic rings. The number of rotatable bonds is 4. The van der Waals surface area contributed by atoms with Gasteiger partial charge in [0.2, 0.25) is 0 Å². The Balaban J connectivity index is 2.05. The third kappa shape index (κ3) is 3.39. The highest BCUT2D eigenvalue weighted by Crippen LogP contribution is 2.28. The smallest absolute Gasteiger partial charge is 0.133 e. The van der Waals surface area contributed by atoms with Gasteiger partial charge in [-0.25, -0.2) is 4.98 Å². The number of hydrogen-bond acceptors (Lipinski definition) is 2. The predicted octanol–water partition coefficient (Wildman–Crippen LogP) is 4.60. The number of pyridine rings is 1. The Morgan fingerprint density at radius 3 is 2.78 bits per heavy atom. The number of aromatic nitrogens is 1. The molecule has 0 unspecified atom stereocenters. The van der Waals surface area contributed by atoms with E-state index < -0.39 is 0 Å². The van der Waals surface area contributed by atoms with Gasteiger partial charge in [-0.2, -0.15) is 0 Å². The third-order valence-corrected chi connectivity index (χ3v) is 4.39. The fraction of sp³-hybridized carbons (Fsp3) is 0.643. The predicted molar refractivity (Wildman–Crippen MR) is 81.3 cm³/mol. The minimum absolute atomic E-state index is 0.524. The maximum atomic E-state index is 6.01. The van der Waals surface area contributed by atoms with Crippen LogP contribution in [0.5, 0.6) is 0 Å². The van der Waals surface area contributed by atoms with Gasteiger partial charge in [0.05, 0.1) is 5.88 Å². The van der Waals surface area contributed by atoms with Crippen LogP contribution in [0.3, 0.4) is 0 Å². The van der Waals surface area contributed by atoms with Gasteiger partial charge in [0.1, 0.15) is 5.82 Å². The molecule has 1 aliphatic heterocycles. The standard InChI is InChI=1S/C14H20BrClN2/c1-2-3-11-4-6-18(7-5-11)14-12(9-16)8-13(15)10-17-14/h8,10-11H,2-7,9H2,1H3. The first kappa shape index (κ1) is 14.1. The minimum atomic E-state index is 0.524. The second-order valence-electron chi connectivity index (χ2n) is 4.99. The lowest BCUT2D eigenvalue weighted by molar-refractivity contribution is 0.377. The van der Waals surface area contributed by atoms with Crippen LogP contribution in [-0.4, -0.2) is 18.1 Å². The van der Waals surface area contributed by atoms with Gasteiger partial charge >= 0.3 is 0 Å². The van der Waals surface area contributed by atoms with Crippen molar-refractivity contribution in [3.05, 3.63) is 22.3 Å². The average Bonchev–Trinajstić information content (AvgIpc) is 2.40. The number of piperidine rings is 1. The number of halogens is 2. The second-order valence-corrected chi connectivity index (χ2v) is 6.17. The summed E-state index contributed by atoms with van der Waals surface area (Å²) in [6.07, 6.45) is 7.10. The maximum Gasteiger partial charge on any atom is 0.133 e. The summed E-state index contributed by atoms with van der Waals surface area (Å²) >= 11 is 9.47. The van der Waals surface area contributed by atoms with Crippen LogP contribution in [0.15, 0.2) is 16.7 Å². The molecule has 0 atom stereocenters. The Bertz CT molecular complexity index is 389. The van der Waals surface area contributed by atoms with Crippen molar-refractivity contribution in [2.75, 3.05) is 18.0 Å². The summed E-state index contributed by atoms with van der Waals surface area (Å²) in [5, 5.41) is 0. The van der Waals surface area contributed by atoms with E-state index in [9.17, 15) is 0 Å². The van der Waals surface area contributed by atoms with Crippen LogP contribution in [0.2, 0.25) is 0 Å². The molecule has 2 rings (SSSR count). The van der Waals surface area contributed by atoms with Gasteiger partial charge in [0, 0.05) is 29.3 Å². The first-order valence-corrected chi connectivity index (χ1v) is 8.02. The summed E-state index contributed by atoms with van der Waals surface area (Å²) in [6, 6.07) is 2.08. The molecule has 18 heavy (non-hydrogen) atoms. The molecule has 4 heteroatoms. The van der Waals surface area contributed by atoms with Crippen molar-refractivity contribution >= 4 is 33.3 Å². The molecule has 1 aromatic rings. The van der Waals surface area contributed by atoms with E-state index in [1.165, 1.54) is 25.7 Å². The van der Waals surface area contributed by atoms with E-state index in [-0.39, 0.29) is 0 Å². The highest BCUT2D eigenvalue weighted by atomic mass is 79.9. The SMILES string of the molecule is CCCC1CCN(c2ncc(Br)cc2CCl)CC1. The number of hydrogen-bond donors (Lipinski definition) is 0. The van der Waals surface area contributed by atoms with Crippen LogP contribution < -0.4 is 4.90 Å². The van der Waals surface area contributed by atoms with Crippen molar-refractivity contribution < 1.29 is 0 Å². The van der Waals surface area contributed by atoms with E-state index in [1.807, 2.05) is 6.20 Å². The van der Waals surface area contributed by atoms with Crippen LogP contribution in [0.25, 0.3) is 0 Å². The minimum Gasteiger partial charge on any atom is -0.356 e. The van der Waals surface area contributed by atoms with Crippen molar-refractivity contribution in [3.8, 4) is 0 Å². The summed E-state index contributed by atoms with van der Waals surface area (Å²) in [5.74, 6) is 2.50. The van der Waals surface area contributed by atoms with Gasteiger partial charge in [0.25, 0.3) is 0 Å². The highest BCUT2D eigenvalue weighted by molar-refractivity contribution is 9.10. The maximum absolute atomic E-state index is 6.01. The van der Waals surface area contributed by atoms with Gasteiger partial charge in [-0.15, -0.1) is 11.6 Å². The van der Waals surface area contributed by atoms with Crippen LogP contribution in [-0.2, 0) is 5.88 Å². The van der Waals surface area contributed by atoms with Crippen LogP contribution in [0.1, 0.15) is 38.2 Å². The Kier molecular flexibility index (Phi) is 5.31. The van der Waals surface area contributed by atoms with Gasteiger partial charge in [0.15, 0.2) is 0 Å². The summed E-state index contributed by atoms with van der Waals surface area (Å²) in [6.45, 7) is 4.50.